The van der Waals surface area contributed by atoms with Crippen molar-refractivity contribution in [2.24, 2.45) is 0 Å². The Morgan fingerprint density at radius 1 is 1.38 bits per heavy atom. The van der Waals surface area contributed by atoms with Gasteiger partial charge in [-0.1, -0.05) is 24.6 Å². The summed E-state index contributed by atoms with van der Waals surface area (Å²) in [5.41, 5.74) is 2.24. The number of methoxy groups -OCH3 is 1. The lowest BCUT2D eigenvalue weighted by molar-refractivity contribution is -0.123. The van der Waals surface area contributed by atoms with Gasteiger partial charge >= 0.3 is 0 Å². The summed E-state index contributed by atoms with van der Waals surface area (Å²) in [5, 5.41) is 6.10. The zero-order valence-electron chi connectivity index (χ0n) is 13.4. The Morgan fingerprint density at radius 2 is 2.14 bits per heavy atom. The van der Waals surface area contributed by atoms with Crippen LogP contribution in [0.4, 0.5) is 0 Å². The van der Waals surface area contributed by atoms with Crippen LogP contribution in [0.15, 0.2) is 18.2 Å². The molecule has 0 heterocycles. The molecule has 1 unspecified atom stereocenters. The molecule has 0 saturated heterocycles. The smallest absolute Gasteiger partial charge is 0.258 e. The molecular weight excluding hydrogens is 268 g/mol. The van der Waals surface area contributed by atoms with E-state index in [2.05, 4.69) is 30.5 Å². The highest BCUT2D eigenvalue weighted by molar-refractivity contribution is 5.77. The molecule has 0 aliphatic heterocycles. The van der Waals surface area contributed by atoms with Crippen LogP contribution >= 0.6 is 0 Å². The lowest BCUT2D eigenvalue weighted by Gasteiger charge is -2.18. The SMILES string of the molecule is CCNC(C)c1cc(C)ccc1OCC(=O)NCCOC. The van der Waals surface area contributed by atoms with Gasteiger partial charge in [0.25, 0.3) is 5.91 Å². The summed E-state index contributed by atoms with van der Waals surface area (Å²) in [6, 6.07) is 6.17. The van der Waals surface area contributed by atoms with Gasteiger partial charge in [-0.2, -0.15) is 0 Å². The highest BCUT2D eigenvalue weighted by atomic mass is 16.5. The molecule has 2 N–H and O–H groups in total. The molecule has 1 aromatic rings. The van der Waals surface area contributed by atoms with Gasteiger partial charge in [0.05, 0.1) is 6.61 Å². The molecule has 1 rings (SSSR count). The van der Waals surface area contributed by atoms with Gasteiger partial charge in [-0.3, -0.25) is 4.79 Å². The van der Waals surface area contributed by atoms with E-state index >= 15 is 0 Å². The average Bonchev–Trinajstić information content (AvgIpc) is 2.46. The number of carbonyl (C=O) groups excluding carboxylic acids is 1. The van der Waals surface area contributed by atoms with Crippen LogP contribution in [0.5, 0.6) is 5.75 Å². The zero-order chi connectivity index (χ0) is 15.7. The third-order valence-corrected chi connectivity index (χ3v) is 3.13. The summed E-state index contributed by atoms with van der Waals surface area (Å²) >= 11 is 0. The minimum absolute atomic E-state index is 0.0125. The van der Waals surface area contributed by atoms with Crippen LogP contribution in [0.2, 0.25) is 0 Å². The van der Waals surface area contributed by atoms with Crippen LogP contribution in [0, 0.1) is 6.92 Å². The summed E-state index contributed by atoms with van der Waals surface area (Å²) < 4.78 is 10.5. The number of benzene rings is 1. The van der Waals surface area contributed by atoms with E-state index in [4.69, 9.17) is 9.47 Å². The van der Waals surface area contributed by atoms with Crippen LogP contribution in [0.3, 0.4) is 0 Å². The molecule has 0 aromatic heterocycles. The molecule has 118 valence electrons. The van der Waals surface area contributed by atoms with Crippen LogP contribution in [-0.4, -0.2) is 39.3 Å². The molecule has 0 bridgehead atoms. The fourth-order valence-corrected chi connectivity index (χ4v) is 2.04. The summed E-state index contributed by atoms with van der Waals surface area (Å²) in [6.45, 7) is 8.08. The number of ether oxygens (including phenoxy) is 2. The first kappa shape index (κ1) is 17.5. The Hall–Kier alpha value is -1.59. The number of hydrogen-bond donors (Lipinski definition) is 2. The van der Waals surface area contributed by atoms with Gasteiger partial charge in [-0.15, -0.1) is 0 Å². The van der Waals surface area contributed by atoms with Crippen molar-refractivity contribution in [2.75, 3.05) is 33.4 Å². The number of rotatable bonds is 9. The molecule has 1 aromatic carbocycles. The van der Waals surface area contributed by atoms with E-state index in [1.54, 1.807) is 7.11 Å². The monoisotopic (exact) mass is 294 g/mol. The minimum Gasteiger partial charge on any atom is -0.483 e. The predicted octanol–water partition coefficient (Wildman–Crippen LogP) is 1.81. The van der Waals surface area contributed by atoms with Crippen LogP contribution < -0.4 is 15.4 Å². The number of carbonyl (C=O) groups is 1. The molecule has 5 nitrogen and oxygen atoms in total. The van der Waals surface area contributed by atoms with Crippen molar-refractivity contribution in [3.8, 4) is 5.75 Å². The Kier molecular flexibility index (Phi) is 7.79. The third kappa shape index (κ3) is 6.14. The fourth-order valence-electron chi connectivity index (χ4n) is 2.04. The van der Waals surface area contributed by atoms with Gasteiger partial charge in [0, 0.05) is 25.3 Å². The van der Waals surface area contributed by atoms with E-state index in [0.29, 0.717) is 13.2 Å². The molecule has 0 aliphatic rings. The highest BCUT2D eigenvalue weighted by Crippen LogP contribution is 2.26. The molecule has 0 aliphatic carbocycles. The second kappa shape index (κ2) is 9.37. The number of nitrogens with one attached hydrogen (secondary N) is 2. The maximum Gasteiger partial charge on any atom is 0.258 e. The maximum atomic E-state index is 11.7. The first-order chi connectivity index (χ1) is 10.1. The van der Waals surface area contributed by atoms with Gasteiger partial charge < -0.3 is 20.1 Å². The predicted molar refractivity (Wildman–Crippen MR) is 83.7 cm³/mol. The van der Waals surface area contributed by atoms with Crippen molar-refractivity contribution >= 4 is 5.91 Å². The topological polar surface area (TPSA) is 59.6 Å². The van der Waals surface area contributed by atoms with Gasteiger partial charge in [0.1, 0.15) is 5.75 Å². The van der Waals surface area contributed by atoms with E-state index in [0.717, 1.165) is 17.9 Å². The highest BCUT2D eigenvalue weighted by Gasteiger charge is 2.12. The van der Waals surface area contributed by atoms with E-state index in [1.165, 1.54) is 5.56 Å². The molecule has 1 amide bonds. The normalized spacial score (nSPS) is 12.0. The molecular formula is C16H26N2O3. The van der Waals surface area contributed by atoms with Crippen molar-refractivity contribution in [3.05, 3.63) is 29.3 Å². The largest absolute Gasteiger partial charge is 0.483 e. The fraction of sp³-hybridized carbons (Fsp3) is 0.562. The zero-order valence-corrected chi connectivity index (χ0v) is 13.4. The molecule has 0 radical (unpaired) electrons. The second-order valence-corrected chi connectivity index (χ2v) is 4.95. The maximum absolute atomic E-state index is 11.7. The molecule has 1 atom stereocenters. The first-order valence-electron chi connectivity index (χ1n) is 7.30. The number of amides is 1. The second-order valence-electron chi connectivity index (χ2n) is 4.95. The summed E-state index contributed by atoms with van der Waals surface area (Å²) in [5.74, 6) is 0.602. The van der Waals surface area contributed by atoms with Gasteiger partial charge in [0.15, 0.2) is 6.61 Å². The Morgan fingerprint density at radius 3 is 2.81 bits per heavy atom. The lowest BCUT2D eigenvalue weighted by Crippen LogP contribution is -2.31. The quantitative estimate of drug-likeness (QED) is 0.682. The average molecular weight is 294 g/mol. The molecule has 21 heavy (non-hydrogen) atoms. The van der Waals surface area contributed by atoms with Crippen molar-refractivity contribution < 1.29 is 14.3 Å². The van der Waals surface area contributed by atoms with Gasteiger partial charge in [0.2, 0.25) is 0 Å². The molecule has 0 spiro atoms. The lowest BCUT2D eigenvalue weighted by atomic mass is 10.0. The van der Waals surface area contributed by atoms with Gasteiger partial charge in [-0.25, -0.2) is 0 Å². The van der Waals surface area contributed by atoms with Crippen molar-refractivity contribution in [1.29, 1.82) is 0 Å². The minimum atomic E-state index is -0.144. The molecule has 0 saturated carbocycles. The Balaban J connectivity index is 2.63. The first-order valence-corrected chi connectivity index (χ1v) is 7.30. The van der Waals surface area contributed by atoms with Crippen LogP contribution in [0.25, 0.3) is 0 Å². The van der Waals surface area contributed by atoms with Gasteiger partial charge in [-0.05, 0) is 26.5 Å². The number of aryl methyl sites for hydroxylation is 1. The number of hydrogen-bond acceptors (Lipinski definition) is 4. The van der Waals surface area contributed by atoms with Crippen molar-refractivity contribution in [3.63, 3.8) is 0 Å². The molecule has 5 heteroatoms. The van der Waals surface area contributed by atoms with Crippen LogP contribution in [-0.2, 0) is 9.53 Å². The standard InChI is InChI=1S/C16H26N2O3/c1-5-17-13(3)14-10-12(2)6-7-15(14)21-11-16(19)18-8-9-20-4/h6-7,10,13,17H,5,8-9,11H2,1-4H3,(H,18,19). The van der Waals surface area contributed by atoms with Crippen LogP contribution in [0.1, 0.15) is 31.0 Å². The third-order valence-electron chi connectivity index (χ3n) is 3.13. The summed E-state index contributed by atoms with van der Waals surface area (Å²) in [4.78, 5) is 11.7. The molecule has 0 fully saturated rings. The van der Waals surface area contributed by atoms with E-state index < -0.39 is 0 Å². The summed E-state index contributed by atoms with van der Waals surface area (Å²) in [7, 11) is 1.60. The van der Waals surface area contributed by atoms with Crippen molar-refractivity contribution in [1.82, 2.24) is 10.6 Å². The Labute approximate surface area is 127 Å². The van der Waals surface area contributed by atoms with E-state index in [9.17, 15) is 4.79 Å². The summed E-state index contributed by atoms with van der Waals surface area (Å²) in [6.07, 6.45) is 0. The Bertz CT molecular complexity index is 449. The van der Waals surface area contributed by atoms with Crippen molar-refractivity contribution in [2.45, 2.75) is 26.8 Å². The van der Waals surface area contributed by atoms with E-state index in [1.807, 2.05) is 19.1 Å². The van der Waals surface area contributed by atoms with E-state index in [-0.39, 0.29) is 18.6 Å².